The Morgan fingerprint density at radius 2 is 1.75 bits per heavy atom. The molecule has 1 aliphatic rings. The lowest BCUT2D eigenvalue weighted by molar-refractivity contribution is -0.118. The number of rotatable bonds is 9. The van der Waals surface area contributed by atoms with Crippen LogP contribution in [0.2, 0.25) is 0 Å². The van der Waals surface area contributed by atoms with Gasteiger partial charge in [-0.3, -0.25) is 4.79 Å². The molecule has 1 aromatic rings. The number of hydrogen-bond donors (Lipinski definition) is 2. The SMILES string of the molecule is CCCNCCNC(=O)CS(=O)(=O)N1CCN(c2cccc(C)c2)CC1.Cl.Cl. The third kappa shape index (κ3) is 8.53. The summed E-state index contributed by atoms with van der Waals surface area (Å²) in [5.41, 5.74) is 2.29. The second kappa shape index (κ2) is 13.2. The van der Waals surface area contributed by atoms with Crippen molar-refractivity contribution in [2.24, 2.45) is 0 Å². The first-order valence-corrected chi connectivity index (χ1v) is 10.8. The Bertz CT molecular complexity index is 696. The molecule has 1 fully saturated rings. The Hall–Kier alpha value is -1.06. The number of piperazine rings is 1. The Morgan fingerprint density at radius 3 is 2.36 bits per heavy atom. The third-order valence-corrected chi connectivity index (χ3v) is 6.14. The fourth-order valence-electron chi connectivity index (χ4n) is 2.95. The van der Waals surface area contributed by atoms with Gasteiger partial charge in [0.2, 0.25) is 15.9 Å². The van der Waals surface area contributed by atoms with Gasteiger partial charge >= 0.3 is 0 Å². The molecular weight excluding hydrogens is 423 g/mol. The van der Waals surface area contributed by atoms with E-state index in [1.165, 1.54) is 9.87 Å². The van der Waals surface area contributed by atoms with E-state index in [1.54, 1.807) is 0 Å². The Labute approximate surface area is 181 Å². The van der Waals surface area contributed by atoms with Gasteiger partial charge in [-0.1, -0.05) is 19.1 Å². The molecule has 0 radical (unpaired) electrons. The Kier molecular flexibility index (Phi) is 12.7. The first kappa shape index (κ1) is 26.9. The van der Waals surface area contributed by atoms with Crippen LogP contribution in [-0.2, 0) is 14.8 Å². The van der Waals surface area contributed by atoms with E-state index < -0.39 is 21.7 Å². The summed E-state index contributed by atoms with van der Waals surface area (Å²) in [4.78, 5) is 14.1. The van der Waals surface area contributed by atoms with Gasteiger partial charge in [-0.2, -0.15) is 4.31 Å². The smallest absolute Gasteiger partial charge is 0.236 e. The summed E-state index contributed by atoms with van der Waals surface area (Å²) in [6.07, 6.45) is 1.02. The molecule has 0 aromatic heterocycles. The molecule has 1 saturated heterocycles. The van der Waals surface area contributed by atoms with Gasteiger partial charge in [0.25, 0.3) is 0 Å². The summed E-state index contributed by atoms with van der Waals surface area (Å²) in [6, 6.07) is 8.19. The molecule has 1 heterocycles. The average Bonchev–Trinajstić information content (AvgIpc) is 2.61. The highest BCUT2D eigenvalue weighted by Gasteiger charge is 2.29. The fraction of sp³-hybridized carbons (Fsp3) is 0.611. The van der Waals surface area contributed by atoms with Gasteiger partial charge in [0.15, 0.2) is 0 Å². The molecule has 2 N–H and O–H groups in total. The molecule has 0 atom stereocenters. The van der Waals surface area contributed by atoms with Gasteiger partial charge in [0.05, 0.1) is 0 Å². The number of benzene rings is 1. The van der Waals surface area contributed by atoms with Crippen molar-refractivity contribution in [1.82, 2.24) is 14.9 Å². The molecule has 0 saturated carbocycles. The minimum absolute atomic E-state index is 0. The zero-order chi connectivity index (χ0) is 19.0. The molecule has 28 heavy (non-hydrogen) atoms. The normalized spacial score (nSPS) is 14.7. The summed E-state index contributed by atoms with van der Waals surface area (Å²) >= 11 is 0. The van der Waals surface area contributed by atoms with Gasteiger partial charge in [-0.25, -0.2) is 8.42 Å². The number of anilines is 1. The van der Waals surface area contributed by atoms with Gasteiger partial charge in [-0.15, -0.1) is 24.8 Å². The van der Waals surface area contributed by atoms with E-state index in [0.29, 0.717) is 39.3 Å². The van der Waals surface area contributed by atoms with E-state index in [-0.39, 0.29) is 24.8 Å². The quantitative estimate of drug-likeness (QED) is 0.551. The fourth-order valence-corrected chi connectivity index (χ4v) is 4.28. The Balaban J connectivity index is 0.00000364. The van der Waals surface area contributed by atoms with Crippen LogP contribution in [0.25, 0.3) is 0 Å². The maximum Gasteiger partial charge on any atom is 0.236 e. The number of sulfonamides is 1. The lowest BCUT2D eigenvalue weighted by atomic mass is 10.2. The van der Waals surface area contributed by atoms with Crippen LogP contribution in [0.4, 0.5) is 5.69 Å². The van der Waals surface area contributed by atoms with Crippen LogP contribution in [0, 0.1) is 6.92 Å². The second-order valence-corrected chi connectivity index (χ2v) is 8.55. The van der Waals surface area contributed by atoms with Crippen LogP contribution in [0.3, 0.4) is 0 Å². The maximum absolute atomic E-state index is 12.5. The molecule has 162 valence electrons. The number of amides is 1. The third-order valence-electron chi connectivity index (χ3n) is 4.36. The van der Waals surface area contributed by atoms with Crippen LogP contribution < -0.4 is 15.5 Å². The van der Waals surface area contributed by atoms with Gasteiger partial charge in [0.1, 0.15) is 5.75 Å². The lowest BCUT2D eigenvalue weighted by Gasteiger charge is -2.35. The minimum Gasteiger partial charge on any atom is -0.369 e. The van der Waals surface area contributed by atoms with Gasteiger partial charge < -0.3 is 15.5 Å². The number of carbonyl (C=O) groups excluding carboxylic acids is 1. The van der Waals surface area contributed by atoms with Crippen molar-refractivity contribution in [2.45, 2.75) is 20.3 Å². The number of carbonyl (C=O) groups is 1. The first-order chi connectivity index (χ1) is 12.4. The molecule has 2 rings (SSSR count). The molecule has 1 aromatic carbocycles. The molecule has 7 nitrogen and oxygen atoms in total. The minimum atomic E-state index is -3.57. The summed E-state index contributed by atoms with van der Waals surface area (Å²) < 4.78 is 26.3. The number of nitrogens with zero attached hydrogens (tertiary/aromatic N) is 2. The predicted octanol–water partition coefficient (Wildman–Crippen LogP) is 1.41. The van der Waals surface area contributed by atoms with Gasteiger partial charge in [-0.05, 0) is 37.6 Å². The predicted molar refractivity (Wildman–Crippen MR) is 119 cm³/mol. The number of nitrogens with one attached hydrogen (secondary N) is 2. The van der Waals surface area contributed by atoms with Crippen molar-refractivity contribution in [2.75, 3.05) is 56.5 Å². The van der Waals surface area contributed by atoms with E-state index >= 15 is 0 Å². The van der Waals surface area contributed by atoms with Crippen molar-refractivity contribution in [1.29, 1.82) is 0 Å². The average molecular weight is 455 g/mol. The highest BCUT2D eigenvalue weighted by Crippen LogP contribution is 2.18. The van der Waals surface area contributed by atoms with Crippen molar-refractivity contribution >= 4 is 46.4 Å². The van der Waals surface area contributed by atoms with E-state index in [4.69, 9.17) is 0 Å². The summed E-state index contributed by atoms with van der Waals surface area (Å²) in [6.45, 7) is 8.15. The highest BCUT2D eigenvalue weighted by molar-refractivity contribution is 7.89. The molecule has 0 bridgehead atoms. The number of halogens is 2. The second-order valence-electron chi connectivity index (χ2n) is 6.58. The zero-order valence-electron chi connectivity index (χ0n) is 16.5. The summed E-state index contributed by atoms with van der Waals surface area (Å²) in [5.74, 6) is -0.921. The van der Waals surface area contributed by atoms with Crippen LogP contribution >= 0.6 is 24.8 Å². The molecular formula is C18H32Cl2N4O3S. The van der Waals surface area contributed by atoms with Gasteiger partial charge in [0, 0.05) is 45.0 Å². The molecule has 0 unspecified atom stereocenters. The Morgan fingerprint density at radius 1 is 1.07 bits per heavy atom. The van der Waals surface area contributed by atoms with Crippen molar-refractivity contribution < 1.29 is 13.2 Å². The van der Waals surface area contributed by atoms with Crippen LogP contribution in [0.5, 0.6) is 0 Å². The molecule has 1 amide bonds. The van der Waals surface area contributed by atoms with E-state index in [0.717, 1.165) is 18.7 Å². The van der Waals surface area contributed by atoms with Crippen molar-refractivity contribution in [3.8, 4) is 0 Å². The monoisotopic (exact) mass is 454 g/mol. The van der Waals surface area contributed by atoms with E-state index in [1.807, 2.05) is 25.1 Å². The first-order valence-electron chi connectivity index (χ1n) is 9.19. The highest BCUT2D eigenvalue weighted by atomic mass is 35.5. The van der Waals surface area contributed by atoms with Crippen LogP contribution in [-0.4, -0.2) is 70.2 Å². The topological polar surface area (TPSA) is 81.7 Å². The molecule has 10 heteroatoms. The number of aryl methyl sites for hydroxylation is 1. The van der Waals surface area contributed by atoms with Crippen molar-refractivity contribution in [3.05, 3.63) is 29.8 Å². The van der Waals surface area contributed by atoms with E-state index in [2.05, 4.69) is 28.5 Å². The molecule has 0 spiro atoms. The largest absolute Gasteiger partial charge is 0.369 e. The standard InChI is InChI=1S/C18H30N4O3S.2ClH/c1-3-7-19-8-9-20-18(23)15-26(24,25)22-12-10-21(11-13-22)17-6-4-5-16(2)14-17;;/h4-6,14,19H,3,7-13,15H2,1-2H3,(H,20,23);2*1H. The van der Waals surface area contributed by atoms with E-state index in [9.17, 15) is 13.2 Å². The number of hydrogen-bond acceptors (Lipinski definition) is 5. The van der Waals surface area contributed by atoms with Crippen LogP contribution in [0.1, 0.15) is 18.9 Å². The lowest BCUT2D eigenvalue weighted by Crippen LogP contribution is -2.50. The maximum atomic E-state index is 12.5. The summed E-state index contributed by atoms with van der Waals surface area (Å²) in [7, 11) is -3.57. The zero-order valence-corrected chi connectivity index (χ0v) is 19.0. The van der Waals surface area contributed by atoms with Crippen LogP contribution in [0.15, 0.2) is 24.3 Å². The molecule has 1 aliphatic heterocycles. The summed E-state index contributed by atoms with van der Waals surface area (Å²) in [5, 5.41) is 5.82. The van der Waals surface area contributed by atoms with Crippen molar-refractivity contribution in [3.63, 3.8) is 0 Å². The molecule has 0 aliphatic carbocycles.